The van der Waals surface area contributed by atoms with Crippen LogP contribution in [-0.4, -0.2) is 42.2 Å². The van der Waals surface area contributed by atoms with E-state index in [1.54, 1.807) is 23.6 Å². The summed E-state index contributed by atoms with van der Waals surface area (Å²) < 4.78 is 25.0. The molecule has 0 aliphatic heterocycles. The lowest BCUT2D eigenvalue weighted by Gasteiger charge is -2.08. The van der Waals surface area contributed by atoms with Gasteiger partial charge in [-0.2, -0.15) is 0 Å². The van der Waals surface area contributed by atoms with E-state index in [1.807, 2.05) is 11.6 Å². The van der Waals surface area contributed by atoms with E-state index in [2.05, 4.69) is 10.3 Å². The van der Waals surface area contributed by atoms with Gasteiger partial charge in [0.05, 0.1) is 13.2 Å². The molecule has 2 heterocycles. The summed E-state index contributed by atoms with van der Waals surface area (Å²) in [5, 5.41) is 4.69. The molecule has 0 radical (unpaired) electrons. The first-order valence-corrected chi connectivity index (χ1v) is 8.15. The molecule has 1 N–H and O–H groups in total. The summed E-state index contributed by atoms with van der Waals surface area (Å²) in [4.78, 5) is 17.4. The molecule has 0 saturated carbocycles. The van der Waals surface area contributed by atoms with Crippen molar-refractivity contribution in [3.8, 4) is 11.3 Å². The quantitative estimate of drug-likeness (QED) is 0.666. The SMILES string of the molecule is COCCOCC(=O)Nc1c(-c2ccc(F)cc2)nc2sccn12. The Morgan fingerprint density at radius 2 is 2.12 bits per heavy atom. The van der Waals surface area contributed by atoms with Crippen molar-refractivity contribution < 1.29 is 18.7 Å². The molecular formula is C16H16FN3O3S. The first kappa shape index (κ1) is 16.6. The number of halogens is 1. The number of nitrogens with zero attached hydrogens (tertiary/aromatic N) is 2. The summed E-state index contributed by atoms with van der Waals surface area (Å²) in [5.74, 6) is -0.0717. The minimum Gasteiger partial charge on any atom is -0.382 e. The second kappa shape index (κ2) is 7.52. The highest BCUT2D eigenvalue weighted by molar-refractivity contribution is 7.15. The van der Waals surface area contributed by atoms with Crippen LogP contribution in [0.1, 0.15) is 0 Å². The lowest BCUT2D eigenvalue weighted by Crippen LogP contribution is -2.20. The molecule has 3 rings (SSSR count). The van der Waals surface area contributed by atoms with Crippen molar-refractivity contribution in [3.63, 3.8) is 0 Å². The Labute approximate surface area is 141 Å². The second-order valence-corrected chi connectivity index (χ2v) is 5.84. The number of hydrogen-bond acceptors (Lipinski definition) is 5. The van der Waals surface area contributed by atoms with Gasteiger partial charge in [0.2, 0.25) is 0 Å². The molecule has 0 aliphatic carbocycles. The largest absolute Gasteiger partial charge is 0.382 e. The van der Waals surface area contributed by atoms with Crippen molar-refractivity contribution in [2.45, 2.75) is 0 Å². The number of nitrogens with one attached hydrogen (secondary N) is 1. The molecule has 1 aromatic carbocycles. The predicted octanol–water partition coefficient (Wildman–Crippen LogP) is 2.80. The minimum atomic E-state index is -0.322. The van der Waals surface area contributed by atoms with Gasteiger partial charge in [-0.05, 0) is 24.3 Å². The number of benzene rings is 1. The number of thiazole rings is 1. The number of carbonyl (C=O) groups is 1. The molecular weight excluding hydrogens is 333 g/mol. The van der Waals surface area contributed by atoms with Crippen LogP contribution in [0.5, 0.6) is 0 Å². The summed E-state index contributed by atoms with van der Waals surface area (Å²) >= 11 is 1.45. The van der Waals surface area contributed by atoms with Crippen LogP contribution in [-0.2, 0) is 14.3 Å². The average molecular weight is 349 g/mol. The Kier molecular flexibility index (Phi) is 5.19. The lowest BCUT2D eigenvalue weighted by molar-refractivity contribution is -0.121. The van der Waals surface area contributed by atoms with E-state index in [9.17, 15) is 9.18 Å². The van der Waals surface area contributed by atoms with Gasteiger partial charge in [0.1, 0.15) is 23.9 Å². The normalized spacial score (nSPS) is 11.1. The third kappa shape index (κ3) is 3.61. The molecule has 126 valence electrons. The van der Waals surface area contributed by atoms with E-state index in [0.29, 0.717) is 24.7 Å². The average Bonchev–Trinajstić information content (AvgIpc) is 3.15. The van der Waals surface area contributed by atoms with E-state index in [-0.39, 0.29) is 18.3 Å². The number of hydrogen-bond donors (Lipinski definition) is 1. The van der Waals surface area contributed by atoms with Crippen molar-refractivity contribution in [2.75, 3.05) is 32.2 Å². The Morgan fingerprint density at radius 3 is 2.88 bits per heavy atom. The van der Waals surface area contributed by atoms with Crippen LogP contribution in [0.3, 0.4) is 0 Å². The van der Waals surface area contributed by atoms with Crippen LogP contribution in [0, 0.1) is 5.82 Å². The summed E-state index contributed by atoms with van der Waals surface area (Å²) in [6, 6.07) is 5.99. The maximum absolute atomic E-state index is 13.1. The fourth-order valence-corrected chi connectivity index (χ4v) is 2.90. The van der Waals surface area contributed by atoms with Gasteiger partial charge in [0.15, 0.2) is 4.96 Å². The van der Waals surface area contributed by atoms with Crippen molar-refractivity contribution in [1.82, 2.24) is 9.38 Å². The van der Waals surface area contributed by atoms with Gasteiger partial charge in [-0.1, -0.05) is 0 Å². The highest BCUT2D eigenvalue weighted by Crippen LogP contribution is 2.30. The lowest BCUT2D eigenvalue weighted by atomic mass is 10.1. The Bertz CT molecular complexity index is 829. The van der Waals surface area contributed by atoms with E-state index < -0.39 is 0 Å². The number of carbonyl (C=O) groups excluding carboxylic acids is 1. The third-order valence-corrected chi connectivity index (χ3v) is 4.06. The van der Waals surface area contributed by atoms with Gasteiger partial charge in [0, 0.05) is 24.3 Å². The zero-order chi connectivity index (χ0) is 16.9. The molecule has 1 amide bonds. The fraction of sp³-hybridized carbons (Fsp3) is 0.250. The van der Waals surface area contributed by atoms with Crippen molar-refractivity contribution in [3.05, 3.63) is 41.7 Å². The monoisotopic (exact) mass is 349 g/mol. The van der Waals surface area contributed by atoms with Crippen LogP contribution in [0.25, 0.3) is 16.2 Å². The van der Waals surface area contributed by atoms with E-state index in [4.69, 9.17) is 9.47 Å². The second-order valence-electron chi connectivity index (χ2n) is 4.97. The number of fused-ring (bicyclic) bond motifs is 1. The summed E-state index contributed by atoms with van der Waals surface area (Å²) in [7, 11) is 1.57. The number of anilines is 1. The maximum Gasteiger partial charge on any atom is 0.251 e. The molecule has 8 heteroatoms. The first-order chi connectivity index (χ1) is 11.7. The standard InChI is InChI=1S/C16H16FN3O3S/c1-22-7-8-23-10-13(21)18-15-14(11-2-4-12(17)5-3-11)19-16-20(15)6-9-24-16/h2-6,9H,7-8,10H2,1H3,(H,18,21). The minimum absolute atomic E-state index is 0.0798. The Balaban J connectivity index is 1.83. The zero-order valence-corrected chi connectivity index (χ0v) is 13.8. The molecule has 2 aromatic heterocycles. The molecule has 0 aliphatic rings. The Morgan fingerprint density at radius 1 is 1.33 bits per heavy atom. The zero-order valence-electron chi connectivity index (χ0n) is 13.0. The van der Waals surface area contributed by atoms with Gasteiger partial charge in [-0.3, -0.25) is 9.20 Å². The number of amides is 1. The summed E-state index contributed by atoms with van der Waals surface area (Å²) in [6.07, 6.45) is 1.82. The highest BCUT2D eigenvalue weighted by atomic mass is 32.1. The molecule has 0 unspecified atom stereocenters. The number of methoxy groups -OCH3 is 1. The van der Waals surface area contributed by atoms with Crippen molar-refractivity contribution >= 4 is 28.0 Å². The predicted molar refractivity (Wildman–Crippen MR) is 89.8 cm³/mol. The number of aromatic nitrogens is 2. The topological polar surface area (TPSA) is 64.9 Å². The maximum atomic E-state index is 13.1. The van der Waals surface area contributed by atoms with Crippen LogP contribution in [0.4, 0.5) is 10.2 Å². The smallest absolute Gasteiger partial charge is 0.251 e. The van der Waals surface area contributed by atoms with E-state index in [1.165, 1.54) is 23.5 Å². The van der Waals surface area contributed by atoms with Crippen LogP contribution < -0.4 is 5.32 Å². The van der Waals surface area contributed by atoms with Crippen LogP contribution >= 0.6 is 11.3 Å². The summed E-state index contributed by atoms with van der Waals surface area (Å²) in [5.41, 5.74) is 1.31. The van der Waals surface area contributed by atoms with Gasteiger partial charge < -0.3 is 14.8 Å². The number of ether oxygens (including phenoxy) is 2. The highest BCUT2D eigenvalue weighted by Gasteiger charge is 2.17. The molecule has 3 aromatic rings. The van der Waals surface area contributed by atoms with Gasteiger partial charge in [-0.15, -0.1) is 11.3 Å². The summed E-state index contributed by atoms with van der Waals surface area (Å²) in [6.45, 7) is 0.689. The molecule has 0 spiro atoms. The van der Waals surface area contributed by atoms with Gasteiger partial charge >= 0.3 is 0 Å². The fourth-order valence-electron chi connectivity index (χ4n) is 2.19. The van der Waals surface area contributed by atoms with Gasteiger partial charge in [-0.25, -0.2) is 9.37 Å². The van der Waals surface area contributed by atoms with E-state index in [0.717, 1.165) is 10.5 Å². The molecule has 0 fully saturated rings. The molecule has 24 heavy (non-hydrogen) atoms. The Hall–Kier alpha value is -2.29. The molecule has 0 atom stereocenters. The number of rotatable bonds is 7. The first-order valence-electron chi connectivity index (χ1n) is 7.27. The molecule has 0 bridgehead atoms. The molecule has 6 nitrogen and oxygen atoms in total. The van der Waals surface area contributed by atoms with Crippen molar-refractivity contribution in [1.29, 1.82) is 0 Å². The number of imidazole rings is 1. The van der Waals surface area contributed by atoms with Crippen molar-refractivity contribution in [2.24, 2.45) is 0 Å². The van der Waals surface area contributed by atoms with Crippen LogP contribution in [0.2, 0.25) is 0 Å². The third-order valence-electron chi connectivity index (χ3n) is 3.30. The van der Waals surface area contributed by atoms with E-state index >= 15 is 0 Å². The van der Waals surface area contributed by atoms with Crippen LogP contribution in [0.15, 0.2) is 35.8 Å². The van der Waals surface area contributed by atoms with Gasteiger partial charge in [0.25, 0.3) is 5.91 Å². The molecule has 0 saturated heterocycles.